The Morgan fingerprint density at radius 2 is 2.05 bits per heavy atom. The molecule has 2 aromatic rings. The van der Waals surface area contributed by atoms with Gasteiger partial charge in [-0.25, -0.2) is 0 Å². The number of phenols is 1. The molecule has 0 aliphatic heterocycles. The SMILES string of the molecule is CC(=O)c1csc(C(=O)Nc2ccc(Cl)cc2O)c1. The van der Waals surface area contributed by atoms with Crippen LogP contribution in [0, 0.1) is 0 Å². The molecule has 0 unspecified atom stereocenters. The molecule has 1 heterocycles. The van der Waals surface area contributed by atoms with Gasteiger partial charge in [0.1, 0.15) is 5.75 Å². The topological polar surface area (TPSA) is 66.4 Å². The van der Waals surface area contributed by atoms with Crippen molar-refractivity contribution < 1.29 is 14.7 Å². The molecule has 1 aromatic heterocycles. The van der Waals surface area contributed by atoms with E-state index in [0.29, 0.717) is 15.5 Å². The van der Waals surface area contributed by atoms with Crippen LogP contribution in [0.4, 0.5) is 5.69 Å². The van der Waals surface area contributed by atoms with Gasteiger partial charge >= 0.3 is 0 Å². The third kappa shape index (κ3) is 3.13. The fraction of sp³-hybridized carbons (Fsp3) is 0.0769. The van der Waals surface area contributed by atoms with E-state index in [1.54, 1.807) is 11.4 Å². The van der Waals surface area contributed by atoms with Crippen LogP contribution in [0.2, 0.25) is 5.02 Å². The summed E-state index contributed by atoms with van der Waals surface area (Å²) in [4.78, 5) is 23.5. The number of carbonyl (C=O) groups excluding carboxylic acids is 2. The lowest BCUT2D eigenvalue weighted by molar-refractivity contribution is 0.101. The summed E-state index contributed by atoms with van der Waals surface area (Å²) < 4.78 is 0. The van der Waals surface area contributed by atoms with Crippen molar-refractivity contribution in [2.75, 3.05) is 5.32 Å². The first-order valence-electron chi connectivity index (χ1n) is 5.36. The quantitative estimate of drug-likeness (QED) is 0.672. The maximum atomic E-state index is 11.9. The van der Waals surface area contributed by atoms with Gasteiger partial charge in [-0.3, -0.25) is 9.59 Å². The molecule has 0 aliphatic carbocycles. The minimum Gasteiger partial charge on any atom is -0.506 e. The summed E-state index contributed by atoms with van der Waals surface area (Å²) in [6, 6.07) is 5.93. The zero-order valence-electron chi connectivity index (χ0n) is 9.94. The second-order valence-electron chi connectivity index (χ2n) is 3.87. The molecular weight excluding hydrogens is 286 g/mol. The van der Waals surface area contributed by atoms with Crippen LogP contribution in [0.5, 0.6) is 5.75 Å². The third-order valence-electron chi connectivity index (χ3n) is 2.44. The zero-order chi connectivity index (χ0) is 14.0. The number of nitrogens with one attached hydrogen (secondary N) is 1. The van der Waals surface area contributed by atoms with E-state index in [2.05, 4.69) is 5.32 Å². The third-order valence-corrected chi connectivity index (χ3v) is 3.60. The fourth-order valence-corrected chi connectivity index (χ4v) is 2.44. The predicted molar refractivity (Wildman–Crippen MR) is 75.4 cm³/mol. The molecule has 0 atom stereocenters. The molecule has 0 aliphatic rings. The van der Waals surface area contributed by atoms with Crippen molar-refractivity contribution in [3.05, 3.63) is 45.1 Å². The van der Waals surface area contributed by atoms with Crippen LogP contribution >= 0.6 is 22.9 Å². The largest absolute Gasteiger partial charge is 0.506 e. The van der Waals surface area contributed by atoms with E-state index in [9.17, 15) is 14.7 Å². The minimum atomic E-state index is -0.380. The molecule has 0 saturated heterocycles. The summed E-state index contributed by atoms with van der Waals surface area (Å²) in [6.45, 7) is 1.44. The lowest BCUT2D eigenvalue weighted by Crippen LogP contribution is -2.10. The van der Waals surface area contributed by atoms with Crippen molar-refractivity contribution in [2.45, 2.75) is 6.92 Å². The number of ketones is 1. The monoisotopic (exact) mass is 295 g/mol. The number of phenolic OH excluding ortho intramolecular Hbond substituents is 1. The van der Waals surface area contributed by atoms with Gasteiger partial charge in [-0.05, 0) is 25.1 Å². The molecule has 2 rings (SSSR count). The average Bonchev–Trinajstić information content (AvgIpc) is 2.82. The van der Waals surface area contributed by atoms with Crippen molar-refractivity contribution in [2.24, 2.45) is 0 Å². The van der Waals surface area contributed by atoms with Crippen LogP contribution in [0.1, 0.15) is 27.0 Å². The van der Waals surface area contributed by atoms with Crippen LogP contribution in [-0.4, -0.2) is 16.8 Å². The van der Waals surface area contributed by atoms with Crippen LogP contribution in [-0.2, 0) is 0 Å². The van der Waals surface area contributed by atoms with E-state index in [-0.39, 0.29) is 23.1 Å². The number of aromatic hydroxyl groups is 1. The fourth-order valence-electron chi connectivity index (χ4n) is 1.43. The van der Waals surface area contributed by atoms with Crippen LogP contribution in [0.3, 0.4) is 0 Å². The zero-order valence-corrected chi connectivity index (χ0v) is 11.5. The van der Waals surface area contributed by atoms with Gasteiger partial charge in [-0.15, -0.1) is 11.3 Å². The van der Waals surface area contributed by atoms with Gasteiger partial charge in [0.25, 0.3) is 5.91 Å². The summed E-state index contributed by atoms with van der Waals surface area (Å²) in [5, 5.41) is 14.2. The number of carbonyl (C=O) groups is 2. The van der Waals surface area contributed by atoms with Crippen molar-refractivity contribution >= 4 is 40.3 Å². The molecule has 1 aromatic carbocycles. The Hall–Kier alpha value is -1.85. The van der Waals surface area contributed by atoms with Gasteiger partial charge in [0.05, 0.1) is 10.6 Å². The first kappa shape index (κ1) is 13.6. The van der Waals surface area contributed by atoms with E-state index >= 15 is 0 Å². The van der Waals surface area contributed by atoms with Crippen LogP contribution in [0.25, 0.3) is 0 Å². The van der Waals surface area contributed by atoms with Crippen LogP contribution < -0.4 is 5.32 Å². The molecule has 2 N–H and O–H groups in total. The van der Waals surface area contributed by atoms with Gasteiger partial charge in [0, 0.05) is 22.0 Å². The van der Waals surface area contributed by atoms with Gasteiger partial charge in [-0.1, -0.05) is 11.6 Å². The maximum absolute atomic E-state index is 11.9. The summed E-state index contributed by atoms with van der Waals surface area (Å²) in [5.41, 5.74) is 0.766. The van der Waals surface area contributed by atoms with E-state index in [1.165, 1.54) is 36.5 Å². The maximum Gasteiger partial charge on any atom is 0.265 e. The normalized spacial score (nSPS) is 10.2. The highest BCUT2D eigenvalue weighted by Gasteiger charge is 2.13. The van der Waals surface area contributed by atoms with Gasteiger partial charge in [0.15, 0.2) is 5.78 Å². The van der Waals surface area contributed by atoms with Gasteiger partial charge in [-0.2, -0.15) is 0 Å². The molecule has 6 heteroatoms. The second kappa shape index (κ2) is 5.42. The number of benzene rings is 1. The van der Waals surface area contributed by atoms with Crippen molar-refractivity contribution in [1.82, 2.24) is 0 Å². The average molecular weight is 296 g/mol. The number of thiophene rings is 1. The number of rotatable bonds is 3. The molecule has 0 radical (unpaired) electrons. The predicted octanol–water partition coefficient (Wildman–Crippen LogP) is 3.56. The number of amides is 1. The van der Waals surface area contributed by atoms with Crippen molar-refractivity contribution in [3.63, 3.8) is 0 Å². The van der Waals surface area contributed by atoms with E-state index < -0.39 is 0 Å². The Morgan fingerprint density at radius 3 is 2.63 bits per heavy atom. The van der Waals surface area contributed by atoms with Gasteiger partial charge in [0.2, 0.25) is 0 Å². The minimum absolute atomic E-state index is 0.0929. The number of hydrogen-bond donors (Lipinski definition) is 2. The number of halogens is 1. The Balaban J connectivity index is 2.18. The van der Waals surface area contributed by atoms with E-state index in [4.69, 9.17) is 11.6 Å². The summed E-state index contributed by atoms with van der Waals surface area (Å²) in [6.07, 6.45) is 0. The lowest BCUT2D eigenvalue weighted by atomic mass is 10.2. The highest BCUT2D eigenvalue weighted by Crippen LogP contribution is 2.27. The van der Waals surface area contributed by atoms with E-state index in [0.717, 1.165) is 0 Å². The molecule has 4 nitrogen and oxygen atoms in total. The van der Waals surface area contributed by atoms with Crippen LogP contribution in [0.15, 0.2) is 29.6 Å². The lowest BCUT2D eigenvalue weighted by Gasteiger charge is -2.06. The van der Waals surface area contributed by atoms with Crippen molar-refractivity contribution in [3.8, 4) is 5.75 Å². The number of anilines is 1. The highest BCUT2D eigenvalue weighted by molar-refractivity contribution is 7.12. The molecule has 98 valence electrons. The molecule has 0 saturated carbocycles. The Labute approximate surface area is 118 Å². The molecule has 1 amide bonds. The highest BCUT2D eigenvalue weighted by atomic mass is 35.5. The van der Waals surface area contributed by atoms with Crippen molar-refractivity contribution in [1.29, 1.82) is 0 Å². The second-order valence-corrected chi connectivity index (χ2v) is 5.22. The Bertz CT molecular complexity index is 651. The first-order valence-corrected chi connectivity index (χ1v) is 6.62. The van der Waals surface area contributed by atoms with Gasteiger partial charge < -0.3 is 10.4 Å². The summed E-state index contributed by atoms with van der Waals surface area (Å²) in [5.74, 6) is -0.580. The van der Waals surface area contributed by atoms with E-state index in [1.807, 2.05) is 0 Å². The smallest absolute Gasteiger partial charge is 0.265 e. The summed E-state index contributed by atoms with van der Waals surface area (Å²) in [7, 11) is 0. The molecular formula is C13H10ClNO3S. The standard InChI is InChI=1S/C13H10ClNO3S/c1-7(16)8-4-12(19-6-8)13(18)15-10-3-2-9(14)5-11(10)17/h2-6,17H,1H3,(H,15,18). The summed E-state index contributed by atoms with van der Waals surface area (Å²) >= 11 is 6.87. The molecule has 0 fully saturated rings. The first-order chi connectivity index (χ1) is 8.97. The number of hydrogen-bond acceptors (Lipinski definition) is 4. The molecule has 0 spiro atoms. The Morgan fingerprint density at radius 1 is 1.32 bits per heavy atom. The number of Topliss-reactive ketones (excluding diaryl/α,β-unsaturated/α-hetero) is 1. The molecule has 0 bridgehead atoms. The Kier molecular flexibility index (Phi) is 3.87. The molecule has 19 heavy (non-hydrogen) atoms.